The Morgan fingerprint density at radius 1 is 0.964 bits per heavy atom. The van der Waals surface area contributed by atoms with E-state index in [0.717, 1.165) is 44.6 Å². The van der Waals surface area contributed by atoms with Crippen LogP contribution in [0.2, 0.25) is 5.02 Å². The largest absolute Gasteiger partial charge is 0.339 e. The molecule has 0 aromatic heterocycles. The number of hydrogen-bond donors (Lipinski definition) is 0. The van der Waals surface area contributed by atoms with Gasteiger partial charge in [-0.05, 0) is 30.5 Å². The topological polar surface area (TPSA) is 64.2 Å². The monoisotopic (exact) mass is 404 g/mol. The maximum atomic E-state index is 12.9. The number of piperazine rings is 1. The Labute approximate surface area is 169 Å². The number of likely N-dealkylation sites (tertiary alicyclic amines) is 1. The van der Waals surface area contributed by atoms with Gasteiger partial charge in [-0.15, -0.1) is 0 Å². The van der Waals surface area contributed by atoms with Crippen molar-refractivity contribution in [1.29, 1.82) is 0 Å². The lowest BCUT2D eigenvalue weighted by Crippen LogP contribution is -2.54. The quantitative estimate of drug-likeness (QED) is 0.710. The van der Waals surface area contributed by atoms with Gasteiger partial charge in [0.05, 0.1) is 0 Å². The highest BCUT2D eigenvalue weighted by molar-refractivity contribution is 6.37. The molecule has 150 valence electrons. The first kappa shape index (κ1) is 19.4. The zero-order valence-corrected chi connectivity index (χ0v) is 16.7. The van der Waals surface area contributed by atoms with E-state index < -0.39 is 0 Å². The Bertz CT molecular complexity index is 786. The summed E-state index contributed by atoms with van der Waals surface area (Å²) in [6.07, 6.45) is 2.43. The second-order valence-electron chi connectivity index (χ2n) is 7.63. The van der Waals surface area contributed by atoms with Gasteiger partial charge < -0.3 is 4.90 Å². The van der Waals surface area contributed by atoms with Gasteiger partial charge in [-0.25, -0.2) is 5.01 Å². The molecule has 3 aliphatic heterocycles. The van der Waals surface area contributed by atoms with E-state index >= 15 is 0 Å². The number of benzene rings is 1. The van der Waals surface area contributed by atoms with Crippen LogP contribution in [0.15, 0.2) is 18.2 Å². The lowest BCUT2D eigenvalue weighted by atomic mass is 10.1. The van der Waals surface area contributed by atoms with Crippen molar-refractivity contribution in [2.75, 3.05) is 45.8 Å². The molecule has 8 heteroatoms. The number of ketones is 1. The summed E-state index contributed by atoms with van der Waals surface area (Å²) in [7, 11) is 0. The summed E-state index contributed by atoms with van der Waals surface area (Å²) in [5.41, 5.74) is 1.68. The van der Waals surface area contributed by atoms with Crippen molar-refractivity contribution < 1.29 is 14.4 Å². The number of hydrazine groups is 1. The van der Waals surface area contributed by atoms with E-state index in [9.17, 15) is 14.4 Å². The molecule has 0 bridgehead atoms. The zero-order valence-electron chi connectivity index (χ0n) is 15.9. The third-order valence-electron chi connectivity index (χ3n) is 5.80. The lowest BCUT2D eigenvalue weighted by molar-refractivity contribution is -0.152. The maximum Gasteiger partial charge on any atom is 0.304 e. The van der Waals surface area contributed by atoms with Gasteiger partial charge in [0, 0.05) is 69.4 Å². The second-order valence-corrected chi connectivity index (χ2v) is 8.07. The van der Waals surface area contributed by atoms with Gasteiger partial charge in [0.1, 0.15) is 0 Å². The Morgan fingerprint density at radius 2 is 1.68 bits per heavy atom. The SMILES string of the molecule is O=C1CCN(N2CCN(Cc3ccc(Cl)cc3C(=O)N3CCCC3)CC2)C1=O. The zero-order chi connectivity index (χ0) is 19.7. The summed E-state index contributed by atoms with van der Waals surface area (Å²) in [6.45, 7) is 5.73. The summed E-state index contributed by atoms with van der Waals surface area (Å²) in [5, 5.41) is 4.14. The first-order chi connectivity index (χ1) is 13.5. The summed E-state index contributed by atoms with van der Waals surface area (Å²) in [4.78, 5) is 40.5. The van der Waals surface area contributed by atoms with Crippen molar-refractivity contribution in [2.24, 2.45) is 0 Å². The van der Waals surface area contributed by atoms with E-state index in [2.05, 4.69) is 4.90 Å². The fourth-order valence-electron chi connectivity index (χ4n) is 4.18. The molecule has 0 radical (unpaired) electrons. The van der Waals surface area contributed by atoms with Crippen molar-refractivity contribution in [3.8, 4) is 0 Å². The molecule has 0 N–H and O–H groups in total. The van der Waals surface area contributed by atoms with Crippen molar-refractivity contribution in [1.82, 2.24) is 19.8 Å². The number of carbonyl (C=O) groups excluding carboxylic acids is 3. The molecule has 2 amide bonds. The molecule has 4 rings (SSSR count). The second kappa shape index (κ2) is 8.19. The predicted octanol–water partition coefficient (Wildman–Crippen LogP) is 1.41. The van der Waals surface area contributed by atoms with Gasteiger partial charge in [-0.1, -0.05) is 17.7 Å². The molecule has 1 aromatic carbocycles. The van der Waals surface area contributed by atoms with Crippen LogP contribution in [0.4, 0.5) is 0 Å². The van der Waals surface area contributed by atoms with Crippen LogP contribution in [0.5, 0.6) is 0 Å². The van der Waals surface area contributed by atoms with Crippen LogP contribution in [-0.2, 0) is 16.1 Å². The fraction of sp³-hybridized carbons (Fsp3) is 0.550. The number of amides is 2. The van der Waals surface area contributed by atoms with Crippen molar-refractivity contribution in [3.63, 3.8) is 0 Å². The highest BCUT2D eigenvalue weighted by atomic mass is 35.5. The summed E-state index contributed by atoms with van der Waals surface area (Å²) in [5.74, 6) is -0.617. The standard InChI is InChI=1S/C20H25ClN4O3/c21-16-4-3-15(17(13-16)19(27)23-6-1-2-7-23)14-22-9-11-24(12-10-22)25-8-5-18(26)20(25)28/h3-4,13H,1-2,5-12,14H2. The molecule has 7 nitrogen and oxygen atoms in total. The van der Waals surface area contributed by atoms with Crippen LogP contribution < -0.4 is 0 Å². The minimum Gasteiger partial charge on any atom is -0.339 e. The summed E-state index contributed by atoms with van der Waals surface area (Å²) in [6, 6.07) is 5.56. The minimum absolute atomic E-state index is 0.0646. The van der Waals surface area contributed by atoms with Gasteiger partial charge in [-0.3, -0.25) is 24.3 Å². The Hall–Kier alpha value is -1.96. The molecule has 0 aliphatic carbocycles. The molecule has 0 atom stereocenters. The van der Waals surface area contributed by atoms with E-state index in [4.69, 9.17) is 11.6 Å². The molecular weight excluding hydrogens is 380 g/mol. The van der Waals surface area contributed by atoms with Crippen LogP contribution in [0.1, 0.15) is 35.2 Å². The summed E-state index contributed by atoms with van der Waals surface area (Å²) < 4.78 is 0. The van der Waals surface area contributed by atoms with Crippen LogP contribution in [-0.4, -0.2) is 83.2 Å². The van der Waals surface area contributed by atoms with E-state index in [1.807, 2.05) is 22.0 Å². The maximum absolute atomic E-state index is 12.9. The van der Waals surface area contributed by atoms with Gasteiger partial charge in [-0.2, -0.15) is 0 Å². The smallest absolute Gasteiger partial charge is 0.304 e. The molecule has 3 aliphatic rings. The number of hydrogen-bond acceptors (Lipinski definition) is 5. The van der Waals surface area contributed by atoms with Crippen molar-refractivity contribution in [3.05, 3.63) is 34.3 Å². The highest BCUT2D eigenvalue weighted by Gasteiger charge is 2.35. The number of carbonyl (C=O) groups is 3. The van der Waals surface area contributed by atoms with Gasteiger partial charge in [0.2, 0.25) is 5.78 Å². The summed E-state index contributed by atoms with van der Waals surface area (Å²) >= 11 is 6.17. The van der Waals surface area contributed by atoms with Gasteiger partial charge in [0.15, 0.2) is 0 Å². The van der Waals surface area contributed by atoms with E-state index in [1.54, 1.807) is 11.1 Å². The predicted molar refractivity (Wildman–Crippen MR) is 105 cm³/mol. The van der Waals surface area contributed by atoms with Crippen LogP contribution in [0.25, 0.3) is 0 Å². The van der Waals surface area contributed by atoms with Crippen LogP contribution in [0.3, 0.4) is 0 Å². The van der Waals surface area contributed by atoms with Crippen LogP contribution >= 0.6 is 11.6 Å². The Morgan fingerprint density at radius 3 is 2.32 bits per heavy atom. The third-order valence-corrected chi connectivity index (χ3v) is 6.04. The van der Waals surface area contributed by atoms with E-state index in [1.165, 1.54) is 0 Å². The average Bonchev–Trinajstić information content (AvgIpc) is 3.35. The number of rotatable bonds is 4. The van der Waals surface area contributed by atoms with Crippen molar-refractivity contribution in [2.45, 2.75) is 25.8 Å². The third kappa shape index (κ3) is 3.92. The minimum atomic E-state index is -0.385. The molecule has 0 spiro atoms. The molecule has 0 unspecified atom stereocenters. The molecule has 1 aromatic rings. The molecule has 3 fully saturated rings. The molecule has 3 saturated heterocycles. The molecule has 0 saturated carbocycles. The normalized spacial score (nSPS) is 21.8. The lowest BCUT2D eigenvalue weighted by Gasteiger charge is -2.39. The molecular formula is C20H25ClN4O3. The first-order valence-corrected chi connectivity index (χ1v) is 10.3. The molecule has 28 heavy (non-hydrogen) atoms. The first-order valence-electron chi connectivity index (χ1n) is 9.92. The van der Waals surface area contributed by atoms with Crippen LogP contribution in [0, 0.1) is 0 Å². The van der Waals surface area contributed by atoms with E-state index in [-0.39, 0.29) is 17.6 Å². The Balaban J connectivity index is 1.40. The van der Waals surface area contributed by atoms with Crippen molar-refractivity contribution >= 4 is 29.2 Å². The highest BCUT2D eigenvalue weighted by Crippen LogP contribution is 2.22. The number of halogens is 1. The van der Waals surface area contributed by atoms with Gasteiger partial charge >= 0.3 is 5.91 Å². The number of Topliss-reactive ketones (excluding diaryl/α,β-unsaturated/α-hetero) is 1. The average molecular weight is 405 g/mol. The van der Waals surface area contributed by atoms with Gasteiger partial charge in [0.25, 0.3) is 5.91 Å². The number of nitrogens with zero attached hydrogens (tertiary/aromatic N) is 4. The fourth-order valence-corrected chi connectivity index (χ4v) is 4.36. The Kier molecular flexibility index (Phi) is 5.66. The van der Waals surface area contributed by atoms with E-state index in [0.29, 0.717) is 43.2 Å². The molecule has 3 heterocycles.